The largest absolute Gasteiger partial charge is 0.497 e. The first-order valence-electron chi connectivity index (χ1n) is 7.52. The van der Waals surface area contributed by atoms with Crippen LogP contribution >= 0.6 is 0 Å². The number of hydrogen-bond acceptors (Lipinski definition) is 3. The fourth-order valence-electron chi connectivity index (χ4n) is 3.41. The Morgan fingerprint density at radius 3 is 2.81 bits per heavy atom. The zero-order valence-corrected chi connectivity index (χ0v) is 13.3. The molecule has 4 nitrogen and oxygen atoms in total. The molecule has 2 rings (SSSR count). The van der Waals surface area contributed by atoms with Crippen LogP contribution in [0.4, 0.5) is 5.69 Å². The molecule has 1 aliphatic heterocycles. The highest BCUT2D eigenvalue weighted by molar-refractivity contribution is 5.67. The van der Waals surface area contributed by atoms with Crippen molar-refractivity contribution in [2.24, 2.45) is 0 Å². The second kappa shape index (κ2) is 5.96. The molecule has 1 aliphatic rings. The van der Waals surface area contributed by atoms with Crippen LogP contribution in [0.1, 0.15) is 51.5 Å². The molecule has 0 spiro atoms. The molecule has 4 heteroatoms. The number of anilines is 1. The summed E-state index contributed by atoms with van der Waals surface area (Å²) >= 11 is 0. The maximum absolute atomic E-state index is 10.8. The van der Waals surface area contributed by atoms with Gasteiger partial charge in [0.15, 0.2) is 0 Å². The molecule has 0 saturated carbocycles. The molecule has 116 valence electrons. The van der Waals surface area contributed by atoms with Crippen LogP contribution in [0.2, 0.25) is 0 Å². The molecule has 0 fully saturated rings. The van der Waals surface area contributed by atoms with Gasteiger partial charge >= 0.3 is 5.97 Å². The fraction of sp³-hybridized carbons (Fsp3) is 0.588. The number of benzene rings is 1. The summed E-state index contributed by atoms with van der Waals surface area (Å²) in [5.74, 6) is 0.613. The van der Waals surface area contributed by atoms with Crippen LogP contribution in [0, 0.1) is 0 Å². The van der Waals surface area contributed by atoms with Crippen molar-refractivity contribution in [1.82, 2.24) is 0 Å². The van der Waals surface area contributed by atoms with Crippen LogP contribution in [0.25, 0.3) is 0 Å². The van der Waals surface area contributed by atoms with E-state index in [0.717, 1.165) is 18.7 Å². The van der Waals surface area contributed by atoms with E-state index in [1.807, 2.05) is 6.07 Å². The zero-order valence-electron chi connectivity index (χ0n) is 13.3. The Bertz CT molecular complexity index is 525. The first-order chi connectivity index (χ1) is 9.85. The fourth-order valence-corrected chi connectivity index (χ4v) is 3.41. The number of hydrogen-bond donors (Lipinski definition) is 1. The van der Waals surface area contributed by atoms with Gasteiger partial charge in [0.1, 0.15) is 5.75 Å². The smallest absolute Gasteiger partial charge is 0.303 e. The molecule has 0 aromatic heterocycles. The van der Waals surface area contributed by atoms with Gasteiger partial charge in [-0.2, -0.15) is 0 Å². The van der Waals surface area contributed by atoms with Gasteiger partial charge in [0.05, 0.1) is 7.11 Å². The average Bonchev–Trinajstić information content (AvgIpc) is 2.40. The minimum atomic E-state index is -0.732. The quantitative estimate of drug-likeness (QED) is 0.899. The Balaban J connectivity index is 2.32. The highest BCUT2D eigenvalue weighted by atomic mass is 16.5. The van der Waals surface area contributed by atoms with Crippen LogP contribution in [0.3, 0.4) is 0 Å². The van der Waals surface area contributed by atoms with Gasteiger partial charge in [-0.15, -0.1) is 0 Å². The summed E-state index contributed by atoms with van der Waals surface area (Å²) in [6.07, 6.45) is 1.94. The van der Waals surface area contributed by atoms with Crippen LogP contribution in [0.5, 0.6) is 5.75 Å². The van der Waals surface area contributed by atoms with Gasteiger partial charge in [0.2, 0.25) is 0 Å². The minimum absolute atomic E-state index is 0.0251. The molecular weight excluding hydrogens is 266 g/mol. The number of rotatable bonds is 5. The van der Waals surface area contributed by atoms with E-state index in [0.29, 0.717) is 12.3 Å². The zero-order chi connectivity index (χ0) is 15.6. The third kappa shape index (κ3) is 3.31. The maximum atomic E-state index is 10.8. The van der Waals surface area contributed by atoms with Crippen LogP contribution < -0.4 is 9.64 Å². The Morgan fingerprint density at radius 1 is 1.48 bits per heavy atom. The number of carbonyl (C=O) groups is 1. The van der Waals surface area contributed by atoms with Gasteiger partial charge in [0, 0.05) is 30.3 Å². The molecule has 21 heavy (non-hydrogen) atoms. The topological polar surface area (TPSA) is 49.8 Å². The number of carboxylic acid groups (broad SMARTS) is 1. The Labute approximate surface area is 126 Å². The van der Waals surface area contributed by atoms with E-state index in [4.69, 9.17) is 9.84 Å². The number of nitrogens with zero attached hydrogens (tertiary/aromatic N) is 1. The van der Waals surface area contributed by atoms with E-state index >= 15 is 0 Å². The number of fused-ring (bicyclic) bond motifs is 1. The third-order valence-corrected chi connectivity index (χ3v) is 4.37. The Hall–Kier alpha value is -1.71. The summed E-state index contributed by atoms with van der Waals surface area (Å²) in [5.41, 5.74) is 2.53. The number of ether oxygens (including phenoxy) is 1. The van der Waals surface area contributed by atoms with Crippen molar-refractivity contribution in [3.63, 3.8) is 0 Å². The average molecular weight is 291 g/mol. The molecule has 1 aromatic carbocycles. The minimum Gasteiger partial charge on any atom is -0.497 e. The van der Waals surface area contributed by atoms with Crippen LogP contribution in [0.15, 0.2) is 18.2 Å². The van der Waals surface area contributed by atoms with Gasteiger partial charge in [-0.1, -0.05) is 13.0 Å². The van der Waals surface area contributed by atoms with Gasteiger partial charge < -0.3 is 14.7 Å². The van der Waals surface area contributed by atoms with E-state index in [1.54, 1.807) is 7.11 Å². The maximum Gasteiger partial charge on any atom is 0.303 e. The summed E-state index contributed by atoms with van der Waals surface area (Å²) in [6, 6.07) is 6.22. The van der Waals surface area contributed by atoms with E-state index in [-0.39, 0.29) is 12.0 Å². The third-order valence-electron chi connectivity index (χ3n) is 4.37. The molecule has 0 aliphatic carbocycles. The molecular formula is C17H25NO3. The molecule has 1 atom stereocenters. The second-order valence-electron chi connectivity index (χ2n) is 6.49. The lowest BCUT2D eigenvalue weighted by atomic mass is 9.80. The van der Waals surface area contributed by atoms with Crippen molar-refractivity contribution in [2.75, 3.05) is 18.6 Å². The first kappa shape index (κ1) is 15.7. The van der Waals surface area contributed by atoms with E-state index < -0.39 is 5.97 Å². The molecule has 0 amide bonds. The molecule has 0 radical (unpaired) electrons. The Kier molecular flexibility index (Phi) is 4.45. The SMILES string of the molecule is COc1ccc2c(c1)N(CCCC(=O)O)C(C)(C)CC2C. The normalized spacial score (nSPS) is 20.0. The van der Waals surface area contributed by atoms with Crippen LogP contribution in [-0.2, 0) is 4.79 Å². The number of aliphatic carboxylic acids is 1. The number of carboxylic acids is 1. The lowest BCUT2D eigenvalue weighted by molar-refractivity contribution is -0.137. The Morgan fingerprint density at radius 2 is 2.19 bits per heavy atom. The van der Waals surface area contributed by atoms with E-state index in [2.05, 4.69) is 37.8 Å². The molecule has 0 bridgehead atoms. The summed E-state index contributed by atoms with van der Waals surface area (Å²) in [4.78, 5) is 13.1. The van der Waals surface area contributed by atoms with Gasteiger partial charge in [0.25, 0.3) is 0 Å². The highest BCUT2D eigenvalue weighted by Crippen LogP contribution is 2.44. The van der Waals surface area contributed by atoms with Crippen molar-refractivity contribution in [3.8, 4) is 5.75 Å². The summed E-state index contributed by atoms with van der Waals surface area (Å²) < 4.78 is 5.35. The summed E-state index contributed by atoms with van der Waals surface area (Å²) in [6.45, 7) is 7.47. The van der Waals surface area contributed by atoms with E-state index in [9.17, 15) is 4.79 Å². The van der Waals surface area contributed by atoms with E-state index in [1.165, 1.54) is 11.3 Å². The molecule has 1 aromatic rings. The van der Waals surface area contributed by atoms with Crippen molar-refractivity contribution in [1.29, 1.82) is 0 Å². The second-order valence-corrected chi connectivity index (χ2v) is 6.49. The highest BCUT2D eigenvalue weighted by Gasteiger charge is 2.36. The summed E-state index contributed by atoms with van der Waals surface area (Å²) in [5, 5.41) is 8.85. The predicted octanol–water partition coefficient (Wildman–Crippen LogP) is 3.65. The van der Waals surface area contributed by atoms with Gasteiger partial charge in [-0.3, -0.25) is 4.79 Å². The first-order valence-corrected chi connectivity index (χ1v) is 7.52. The number of methoxy groups -OCH3 is 1. The molecule has 1 heterocycles. The van der Waals surface area contributed by atoms with Crippen molar-refractivity contribution >= 4 is 11.7 Å². The van der Waals surface area contributed by atoms with Crippen LogP contribution in [-0.4, -0.2) is 30.3 Å². The molecule has 1 N–H and O–H groups in total. The van der Waals surface area contributed by atoms with Gasteiger partial charge in [-0.05, 0) is 44.2 Å². The monoisotopic (exact) mass is 291 g/mol. The lowest BCUT2D eigenvalue weighted by Gasteiger charge is -2.47. The molecule has 0 saturated heterocycles. The lowest BCUT2D eigenvalue weighted by Crippen LogP contribution is -2.48. The van der Waals surface area contributed by atoms with Crippen molar-refractivity contribution in [3.05, 3.63) is 23.8 Å². The predicted molar refractivity (Wildman–Crippen MR) is 84.3 cm³/mol. The standard InChI is InChI=1S/C17H25NO3/c1-12-11-17(2,3)18(9-5-6-16(19)20)15-10-13(21-4)7-8-14(12)15/h7-8,10,12H,5-6,9,11H2,1-4H3,(H,19,20). The van der Waals surface area contributed by atoms with Gasteiger partial charge in [-0.25, -0.2) is 0 Å². The summed E-state index contributed by atoms with van der Waals surface area (Å²) in [7, 11) is 1.67. The van der Waals surface area contributed by atoms with Crippen molar-refractivity contribution in [2.45, 2.75) is 51.5 Å². The molecule has 1 unspecified atom stereocenters. The van der Waals surface area contributed by atoms with Crippen molar-refractivity contribution < 1.29 is 14.6 Å².